The fourth-order valence-electron chi connectivity index (χ4n) is 1.13. The molecule has 14 heavy (non-hydrogen) atoms. The van der Waals surface area contributed by atoms with Crippen LogP contribution < -0.4 is 0 Å². The molecule has 0 aliphatic rings. The van der Waals surface area contributed by atoms with E-state index in [1.807, 2.05) is 23.2 Å². The largest absolute Gasteiger partial charge is 0.377 e. The molecule has 0 bridgehead atoms. The van der Waals surface area contributed by atoms with Crippen LogP contribution in [0.3, 0.4) is 0 Å². The molecule has 0 saturated carbocycles. The number of unbranched alkanes of at least 4 members (excludes halogenated alkanes) is 1. The highest BCUT2D eigenvalue weighted by molar-refractivity contribution is 9.11. The van der Waals surface area contributed by atoms with Crippen LogP contribution in [0.25, 0.3) is 0 Å². The van der Waals surface area contributed by atoms with E-state index in [1.54, 1.807) is 0 Å². The quantitative estimate of drug-likeness (QED) is 0.700. The molecule has 0 heterocycles. The minimum Gasteiger partial charge on any atom is -0.377 e. The Labute approximate surface area is 93.9 Å². The van der Waals surface area contributed by atoms with Gasteiger partial charge < -0.3 is 4.74 Å². The molecule has 0 unspecified atom stereocenters. The lowest BCUT2D eigenvalue weighted by Gasteiger charge is -2.02. The SMILES string of the molecule is Br/C=C\CCCOCc1ccccc1. The first-order chi connectivity index (χ1) is 6.93. The molecule has 1 rings (SSSR count). The van der Waals surface area contributed by atoms with E-state index in [2.05, 4.69) is 34.1 Å². The van der Waals surface area contributed by atoms with Gasteiger partial charge in [0, 0.05) is 6.61 Å². The zero-order valence-electron chi connectivity index (χ0n) is 8.16. The Morgan fingerprint density at radius 3 is 2.71 bits per heavy atom. The zero-order chi connectivity index (χ0) is 10.1. The maximum absolute atomic E-state index is 5.52. The van der Waals surface area contributed by atoms with Crippen molar-refractivity contribution in [3.05, 3.63) is 47.0 Å². The highest BCUT2D eigenvalue weighted by Crippen LogP contribution is 2.01. The lowest BCUT2D eigenvalue weighted by atomic mass is 10.2. The van der Waals surface area contributed by atoms with Gasteiger partial charge in [-0.2, -0.15) is 0 Å². The van der Waals surface area contributed by atoms with Crippen molar-refractivity contribution in [3.8, 4) is 0 Å². The molecule has 0 fully saturated rings. The number of hydrogen-bond donors (Lipinski definition) is 0. The molecule has 0 N–H and O–H groups in total. The first kappa shape index (κ1) is 11.5. The van der Waals surface area contributed by atoms with Crippen LogP contribution >= 0.6 is 15.9 Å². The first-order valence-electron chi connectivity index (χ1n) is 4.80. The molecule has 0 amide bonds. The molecule has 0 saturated heterocycles. The zero-order valence-corrected chi connectivity index (χ0v) is 9.74. The van der Waals surface area contributed by atoms with Gasteiger partial charge in [0.2, 0.25) is 0 Å². The van der Waals surface area contributed by atoms with E-state index in [0.29, 0.717) is 0 Å². The smallest absolute Gasteiger partial charge is 0.0716 e. The number of hydrogen-bond acceptors (Lipinski definition) is 1. The molecular weight excluding hydrogens is 240 g/mol. The van der Waals surface area contributed by atoms with Crippen LogP contribution in [0.1, 0.15) is 18.4 Å². The topological polar surface area (TPSA) is 9.23 Å². The molecule has 2 heteroatoms. The van der Waals surface area contributed by atoms with Crippen LogP contribution in [0.15, 0.2) is 41.4 Å². The highest BCUT2D eigenvalue weighted by Gasteiger charge is 1.90. The average Bonchev–Trinajstić information content (AvgIpc) is 2.25. The highest BCUT2D eigenvalue weighted by atomic mass is 79.9. The second-order valence-electron chi connectivity index (χ2n) is 3.04. The van der Waals surface area contributed by atoms with Gasteiger partial charge in [-0.05, 0) is 23.4 Å². The molecule has 0 aliphatic heterocycles. The third kappa shape index (κ3) is 5.20. The second kappa shape index (κ2) is 7.77. The van der Waals surface area contributed by atoms with Crippen LogP contribution in [0.4, 0.5) is 0 Å². The van der Waals surface area contributed by atoms with Crippen molar-refractivity contribution in [1.29, 1.82) is 0 Å². The summed E-state index contributed by atoms with van der Waals surface area (Å²) in [6, 6.07) is 10.2. The van der Waals surface area contributed by atoms with Gasteiger partial charge in [-0.25, -0.2) is 0 Å². The van der Waals surface area contributed by atoms with Gasteiger partial charge in [-0.1, -0.05) is 52.3 Å². The number of rotatable bonds is 6. The number of benzene rings is 1. The average molecular weight is 255 g/mol. The van der Waals surface area contributed by atoms with E-state index in [-0.39, 0.29) is 0 Å². The standard InChI is InChI=1S/C12H15BrO/c13-9-5-2-6-10-14-11-12-7-3-1-4-8-12/h1,3-5,7-9H,2,6,10-11H2/b9-5-. The van der Waals surface area contributed by atoms with Crippen molar-refractivity contribution in [1.82, 2.24) is 0 Å². The molecule has 0 radical (unpaired) electrons. The third-order valence-corrected chi connectivity index (χ3v) is 2.23. The van der Waals surface area contributed by atoms with Gasteiger partial charge in [-0.15, -0.1) is 0 Å². The Hall–Kier alpha value is -0.600. The molecular formula is C12H15BrO. The van der Waals surface area contributed by atoms with E-state index in [4.69, 9.17) is 4.74 Å². The maximum Gasteiger partial charge on any atom is 0.0716 e. The van der Waals surface area contributed by atoms with Crippen LogP contribution in [-0.4, -0.2) is 6.61 Å². The normalized spacial score (nSPS) is 10.9. The Kier molecular flexibility index (Phi) is 6.37. The van der Waals surface area contributed by atoms with Gasteiger partial charge in [0.25, 0.3) is 0 Å². The Bertz CT molecular complexity index is 256. The molecule has 0 aliphatic carbocycles. The van der Waals surface area contributed by atoms with Crippen molar-refractivity contribution < 1.29 is 4.74 Å². The molecule has 0 atom stereocenters. The molecule has 1 aromatic rings. The summed E-state index contributed by atoms with van der Waals surface area (Å²) >= 11 is 3.23. The summed E-state index contributed by atoms with van der Waals surface area (Å²) in [7, 11) is 0. The summed E-state index contributed by atoms with van der Waals surface area (Å²) in [6.45, 7) is 1.55. The third-order valence-electron chi connectivity index (χ3n) is 1.86. The molecule has 0 aromatic heterocycles. The van der Waals surface area contributed by atoms with E-state index in [9.17, 15) is 0 Å². The lowest BCUT2D eigenvalue weighted by molar-refractivity contribution is 0.119. The number of halogens is 1. The molecule has 76 valence electrons. The summed E-state index contributed by atoms with van der Waals surface area (Å²) in [4.78, 5) is 1.89. The van der Waals surface area contributed by atoms with Crippen molar-refractivity contribution in [3.63, 3.8) is 0 Å². The van der Waals surface area contributed by atoms with Gasteiger partial charge >= 0.3 is 0 Å². The monoisotopic (exact) mass is 254 g/mol. The fourth-order valence-corrected chi connectivity index (χ4v) is 1.39. The minimum absolute atomic E-state index is 0.721. The summed E-state index contributed by atoms with van der Waals surface area (Å²) in [5.41, 5.74) is 1.24. The van der Waals surface area contributed by atoms with E-state index >= 15 is 0 Å². The Balaban J connectivity index is 2.05. The number of allylic oxidation sites excluding steroid dienone is 1. The maximum atomic E-state index is 5.52. The molecule has 0 spiro atoms. The number of ether oxygens (including phenoxy) is 1. The van der Waals surface area contributed by atoms with Crippen molar-refractivity contribution in [2.45, 2.75) is 19.4 Å². The Morgan fingerprint density at radius 1 is 1.21 bits per heavy atom. The van der Waals surface area contributed by atoms with Crippen LogP contribution in [0.5, 0.6) is 0 Å². The summed E-state index contributed by atoms with van der Waals surface area (Å²) in [6.07, 6.45) is 4.24. The van der Waals surface area contributed by atoms with E-state index < -0.39 is 0 Å². The van der Waals surface area contributed by atoms with Crippen molar-refractivity contribution >= 4 is 15.9 Å². The predicted octanol–water partition coefficient (Wildman–Crippen LogP) is 3.89. The first-order valence-corrected chi connectivity index (χ1v) is 5.72. The summed E-state index contributed by atoms with van der Waals surface area (Å²) in [5, 5.41) is 0. The molecule has 1 aromatic carbocycles. The van der Waals surface area contributed by atoms with Gasteiger partial charge in [0.05, 0.1) is 6.61 Å². The van der Waals surface area contributed by atoms with Crippen molar-refractivity contribution in [2.75, 3.05) is 6.61 Å². The lowest BCUT2D eigenvalue weighted by Crippen LogP contribution is -1.94. The van der Waals surface area contributed by atoms with Gasteiger partial charge in [-0.3, -0.25) is 0 Å². The van der Waals surface area contributed by atoms with Crippen LogP contribution in [0, 0.1) is 0 Å². The van der Waals surface area contributed by atoms with E-state index in [1.165, 1.54) is 5.56 Å². The van der Waals surface area contributed by atoms with Crippen molar-refractivity contribution in [2.24, 2.45) is 0 Å². The second-order valence-corrected chi connectivity index (χ2v) is 3.57. The fraction of sp³-hybridized carbons (Fsp3) is 0.333. The van der Waals surface area contributed by atoms with Crippen LogP contribution in [0.2, 0.25) is 0 Å². The van der Waals surface area contributed by atoms with Gasteiger partial charge in [0.15, 0.2) is 0 Å². The summed E-state index contributed by atoms with van der Waals surface area (Å²) in [5.74, 6) is 0. The predicted molar refractivity (Wildman–Crippen MR) is 63.4 cm³/mol. The van der Waals surface area contributed by atoms with E-state index in [0.717, 1.165) is 26.1 Å². The molecule has 1 nitrogen and oxygen atoms in total. The summed E-state index contributed by atoms with van der Waals surface area (Å²) < 4.78 is 5.52. The minimum atomic E-state index is 0.721. The van der Waals surface area contributed by atoms with Crippen LogP contribution in [-0.2, 0) is 11.3 Å². The van der Waals surface area contributed by atoms with Gasteiger partial charge in [0.1, 0.15) is 0 Å². The Morgan fingerprint density at radius 2 is 2.00 bits per heavy atom.